The van der Waals surface area contributed by atoms with E-state index in [4.69, 9.17) is 11.5 Å². The number of nitrogens with zero attached hydrogens (tertiary/aromatic N) is 2. The molecule has 0 saturated carbocycles. The zero-order valence-electron chi connectivity index (χ0n) is 9.04. The van der Waals surface area contributed by atoms with Crippen LogP contribution in [0.25, 0.3) is 0 Å². The van der Waals surface area contributed by atoms with Gasteiger partial charge in [-0.25, -0.2) is 17.8 Å². The Morgan fingerprint density at radius 2 is 1.72 bits per heavy atom. The molecule has 1 aromatic carbocycles. The standard InChI is InChI=1S/C10H9FN4O2S/c11-6-1-3-7(4-2-6)18(16,17)8-5-14-10(13)15-9(8)12/h1-5H,(H4,12,13,14,15). The van der Waals surface area contributed by atoms with E-state index in [1.165, 1.54) is 0 Å². The molecule has 0 amide bonds. The van der Waals surface area contributed by atoms with E-state index in [1.807, 2.05) is 0 Å². The minimum Gasteiger partial charge on any atom is -0.382 e. The number of benzene rings is 1. The lowest BCUT2D eigenvalue weighted by molar-refractivity contribution is 0.594. The Hall–Kier alpha value is -2.22. The Kier molecular flexibility index (Phi) is 2.87. The van der Waals surface area contributed by atoms with Gasteiger partial charge in [0.2, 0.25) is 15.8 Å². The molecule has 0 radical (unpaired) electrons. The fourth-order valence-electron chi connectivity index (χ4n) is 1.35. The molecule has 0 atom stereocenters. The van der Waals surface area contributed by atoms with Crippen molar-refractivity contribution in [3.8, 4) is 0 Å². The van der Waals surface area contributed by atoms with Crippen LogP contribution in [0.5, 0.6) is 0 Å². The molecule has 0 unspecified atom stereocenters. The van der Waals surface area contributed by atoms with Gasteiger partial charge >= 0.3 is 0 Å². The first-order valence-electron chi connectivity index (χ1n) is 4.80. The minimum absolute atomic E-state index is 0.0935. The first-order valence-corrected chi connectivity index (χ1v) is 6.28. The van der Waals surface area contributed by atoms with Gasteiger partial charge in [0.25, 0.3) is 0 Å². The molecular weight excluding hydrogens is 259 g/mol. The van der Waals surface area contributed by atoms with E-state index in [1.54, 1.807) is 0 Å². The highest BCUT2D eigenvalue weighted by molar-refractivity contribution is 7.91. The summed E-state index contributed by atoms with van der Waals surface area (Å²) in [7, 11) is -3.88. The van der Waals surface area contributed by atoms with Crippen molar-refractivity contribution < 1.29 is 12.8 Å². The molecule has 0 spiro atoms. The number of anilines is 2. The van der Waals surface area contributed by atoms with Crippen LogP contribution in [0.15, 0.2) is 40.3 Å². The maximum absolute atomic E-state index is 12.7. The first-order chi connectivity index (χ1) is 8.41. The fraction of sp³-hybridized carbons (Fsp3) is 0. The molecular formula is C10H9FN4O2S. The third-order valence-corrected chi connectivity index (χ3v) is 4.00. The fourth-order valence-corrected chi connectivity index (χ4v) is 2.61. The molecule has 0 bridgehead atoms. The van der Waals surface area contributed by atoms with Crippen LogP contribution >= 0.6 is 0 Å². The van der Waals surface area contributed by atoms with Crippen LogP contribution in [-0.4, -0.2) is 18.4 Å². The Morgan fingerprint density at radius 1 is 1.11 bits per heavy atom. The van der Waals surface area contributed by atoms with Crippen LogP contribution < -0.4 is 11.5 Å². The monoisotopic (exact) mass is 268 g/mol. The van der Waals surface area contributed by atoms with Crippen LogP contribution in [0.1, 0.15) is 0 Å². The molecule has 1 heterocycles. The number of aromatic nitrogens is 2. The van der Waals surface area contributed by atoms with Gasteiger partial charge in [-0.05, 0) is 24.3 Å². The van der Waals surface area contributed by atoms with E-state index in [9.17, 15) is 12.8 Å². The molecule has 0 aliphatic heterocycles. The zero-order chi connectivity index (χ0) is 13.3. The van der Waals surface area contributed by atoms with Crippen molar-refractivity contribution in [1.82, 2.24) is 9.97 Å². The van der Waals surface area contributed by atoms with E-state index in [0.29, 0.717) is 0 Å². The van der Waals surface area contributed by atoms with Crippen LogP contribution in [0.4, 0.5) is 16.2 Å². The Balaban J connectivity index is 2.58. The highest BCUT2D eigenvalue weighted by Gasteiger charge is 2.22. The maximum Gasteiger partial charge on any atom is 0.221 e. The lowest BCUT2D eigenvalue weighted by Crippen LogP contribution is -2.09. The van der Waals surface area contributed by atoms with Gasteiger partial charge in [-0.2, -0.15) is 4.98 Å². The largest absolute Gasteiger partial charge is 0.382 e. The van der Waals surface area contributed by atoms with Crippen LogP contribution in [0, 0.1) is 5.82 Å². The number of sulfone groups is 1. The van der Waals surface area contributed by atoms with Crippen molar-refractivity contribution in [3.05, 3.63) is 36.3 Å². The van der Waals surface area contributed by atoms with Gasteiger partial charge in [-0.15, -0.1) is 0 Å². The summed E-state index contributed by atoms with van der Waals surface area (Å²) in [5.74, 6) is -0.896. The summed E-state index contributed by atoms with van der Waals surface area (Å²) >= 11 is 0. The van der Waals surface area contributed by atoms with Crippen LogP contribution in [0.3, 0.4) is 0 Å². The SMILES string of the molecule is Nc1ncc(S(=O)(=O)c2ccc(F)cc2)c(N)n1. The van der Waals surface area contributed by atoms with Crippen LogP contribution in [0.2, 0.25) is 0 Å². The molecule has 6 nitrogen and oxygen atoms in total. The summed E-state index contributed by atoms with van der Waals surface area (Å²) in [5, 5.41) is 0. The van der Waals surface area contributed by atoms with Gasteiger partial charge in [0, 0.05) is 0 Å². The molecule has 0 aliphatic carbocycles. The van der Waals surface area contributed by atoms with Crippen molar-refractivity contribution in [2.45, 2.75) is 9.79 Å². The highest BCUT2D eigenvalue weighted by atomic mass is 32.2. The van der Waals surface area contributed by atoms with Gasteiger partial charge in [0.1, 0.15) is 16.5 Å². The molecule has 18 heavy (non-hydrogen) atoms. The normalized spacial score (nSPS) is 11.4. The number of nitrogen functional groups attached to an aromatic ring is 2. The summed E-state index contributed by atoms with van der Waals surface area (Å²) in [6, 6.07) is 4.36. The Labute approximate surface area is 102 Å². The molecule has 0 aliphatic rings. The quantitative estimate of drug-likeness (QED) is 0.772. The van der Waals surface area contributed by atoms with Gasteiger partial charge in [-0.3, -0.25) is 0 Å². The van der Waals surface area contributed by atoms with E-state index in [0.717, 1.165) is 30.5 Å². The molecule has 94 valence electrons. The molecule has 4 N–H and O–H groups in total. The molecule has 1 aromatic heterocycles. The molecule has 2 aromatic rings. The van der Waals surface area contributed by atoms with Crippen molar-refractivity contribution in [1.29, 1.82) is 0 Å². The van der Waals surface area contributed by atoms with E-state index >= 15 is 0 Å². The average molecular weight is 268 g/mol. The Morgan fingerprint density at radius 3 is 2.28 bits per heavy atom. The average Bonchev–Trinajstić information content (AvgIpc) is 2.29. The van der Waals surface area contributed by atoms with Crippen molar-refractivity contribution in [2.24, 2.45) is 0 Å². The van der Waals surface area contributed by atoms with Crippen LogP contribution in [-0.2, 0) is 9.84 Å². The van der Waals surface area contributed by atoms with E-state index < -0.39 is 15.7 Å². The van der Waals surface area contributed by atoms with Crippen molar-refractivity contribution in [3.63, 3.8) is 0 Å². The summed E-state index contributed by atoms with van der Waals surface area (Å²) < 4.78 is 37.1. The molecule has 0 fully saturated rings. The number of hydrogen-bond acceptors (Lipinski definition) is 6. The minimum atomic E-state index is -3.88. The lowest BCUT2D eigenvalue weighted by atomic mass is 10.4. The van der Waals surface area contributed by atoms with Gasteiger partial charge in [0.15, 0.2) is 0 Å². The zero-order valence-corrected chi connectivity index (χ0v) is 9.86. The van der Waals surface area contributed by atoms with Crippen molar-refractivity contribution in [2.75, 3.05) is 11.5 Å². The van der Waals surface area contributed by atoms with E-state index in [2.05, 4.69) is 9.97 Å². The number of nitrogens with two attached hydrogens (primary N) is 2. The van der Waals surface area contributed by atoms with E-state index in [-0.39, 0.29) is 21.6 Å². The topological polar surface area (TPSA) is 112 Å². The first kappa shape index (κ1) is 12.2. The van der Waals surface area contributed by atoms with Crippen molar-refractivity contribution >= 4 is 21.6 Å². The molecule has 8 heteroatoms. The van der Waals surface area contributed by atoms with Gasteiger partial charge in [0.05, 0.1) is 11.1 Å². The number of hydrogen-bond donors (Lipinski definition) is 2. The number of rotatable bonds is 2. The molecule has 2 rings (SSSR count). The smallest absolute Gasteiger partial charge is 0.221 e. The molecule has 0 saturated heterocycles. The maximum atomic E-state index is 12.7. The number of halogens is 1. The summed E-state index contributed by atoms with van der Waals surface area (Å²) in [6.07, 6.45) is 1.02. The highest BCUT2D eigenvalue weighted by Crippen LogP contribution is 2.24. The predicted octanol–water partition coefficient (Wildman–Crippen LogP) is 0.613. The summed E-state index contributed by atoms with van der Waals surface area (Å²) in [5.41, 5.74) is 10.8. The second-order valence-corrected chi connectivity index (χ2v) is 5.35. The third kappa shape index (κ3) is 2.09. The lowest BCUT2D eigenvalue weighted by Gasteiger charge is -2.06. The second kappa shape index (κ2) is 4.22. The third-order valence-electron chi connectivity index (χ3n) is 2.21. The van der Waals surface area contributed by atoms with Gasteiger partial charge < -0.3 is 11.5 Å². The summed E-state index contributed by atoms with van der Waals surface area (Å²) in [6.45, 7) is 0. The second-order valence-electron chi connectivity index (χ2n) is 3.44. The Bertz CT molecular complexity index is 686. The predicted molar refractivity (Wildman–Crippen MR) is 62.7 cm³/mol. The van der Waals surface area contributed by atoms with Gasteiger partial charge in [-0.1, -0.05) is 0 Å². The summed E-state index contributed by atoms with van der Waals surface area (Å²) in [4.78, 5) is 6.80.